The molecule has 1 N–H and O–H groups in total. The number of benzene rings is 1. The van der Waals surface area contributed by atoms with Crippen LogP contribution < -0.4 is 0 Å². The van der Waals surface area contributed by atoms with Crippen molar-refractivity contribution in [3.63, 3.8) is 0 Å². The van der Waals surface area contributed by atoms with Crippen molar-refractivity contribution in [2.45, 2.75) is 33.1 Å². The van der Waals surface area contributed by atoms with Gasteiger partial charge < -0.3 is 4.98 Å². The van der Waals surface area contributed by atoms with Gasteiger partial charge in [-0.15, -0.1) is 0 Å². The third-order valence-electron chi connectivity index (χ3n) is 5.21. The van der Waals surface area contributed by atoms with Crippen molar-refractivity contribution in [1.29, 1.82) is 0 Å². The van der Waals surface area contributed by atoms with E-state index in [-0.39, 0.29) is 0 Å². The van der Waals surface area contributed by atoms with Gasteiger partial charge in [0.15, 0.2) is 0 Å². The van der Waals surface area contributed by atoms with Gasteiger partial charge >= 0.3 is 0 Å². The molecule has 140 valence electrons. The summed E-state index contributed by atoms with van der Waals surface area (Å²) in [5.74, 6) is 7.29. The molecule has 1 unspecified atom stereocenters. The zero-order chi connectivity index (χ0) is 19.3. The van der Waals surface area contributed by atoms with Crippen LogP contribution in [0.5, 0.6) is 0 Å². The average molecular weight is 385 g/mol. The minimum absolute atomic E-state index is 0.787. The van der Waals surface area contributed by atoms with E-state index >= 15 is 0 Å². The van der Waals surface area contributed by atoms with E-state index in [9.17, 15) is 0 Å². The second-order valence-corrected chi connectivity index (χ2v) is 8.11. The molecule has 0 aliphatic heterocycles. The van der Waals surface area contributed by atoms with Gasteiger partial charge in [-0.3, -0.25) is 0 Å². The number of hydrogen-bond acceptors (Lipinski definition) is 2. The number of hydrogen-bond donors (Lipinski definition) is 1. The molecule has 4 aromatic rings. The molecule has 3 heteroatoms. The molecular weight excluding hydrogens is 360 g/mol. The van der Waals surface area contributed by atoms with Crippen molar-refractivity contribution in [3.05, 3.63) is 76.1 Å². The van der Waals surface area contributed by atoms with Crippen molar-refractivity contribution in [3.8, 4) is 23.1 Å². The highest BCUT2D eigenvalue weighted by Crippen LogP contribution is 2.23. The quantitative estimate of drug-likeness (QED) is 0.382. The second-order valence-electron chi connectivity index (χ2n) is 7.33. The standard InChI is InChI=1S/C25H24N2S/c1-3-18(2)4-5-19-6-8-20(9-7-19)10-12-23-16-21-11-13-24(27-25(21)26-23)22-14-15-28-17-22/h6-9,11,13-18H,3-5H2,1-2H3,(H,26,27). The average Bonchev–Trinajstić information content (AvgIpc) is 3.40. The zero-order valence-corrected chi connectivity index (χ0v) is 17.1. The van der Waals surface area contributed by atoms with Crippen molar-refractivity contribution in [2.75, 3.05) is 0 Å². The van der Waals surface area contributed by atoms with Crippen LogP contribution in [0.15, 0.2) is 59.3 Å². The van der Waals surface area contributed by atoms with Gasteiger partial charge in [-0.1, -0.05) is 38.3 Å². The van der Waals surface area contributed by atoms with Crippen molar-refractivity contribution in [1.82, 2.24) is 9.97 Å². The lowest BCUT2D eigenvalue weighted by atomic mass is 9.98. The summed E-state index contributed by atoms with van der Waals surface area (Å²) >= 11 is 1.68. The molecule has 0 saturated carbocycles. The first kappa shape index (κ1) is 18.5. The van der Waals surface area contributed by atoms with Crippen LogP contribution in [0.2, 0.25) is 0 Å². The Bertz CT molecular complexity index is 1110. The van der Waals surface area contributed by atoms with Crippen LogP contribution in [-0.4, -0.2) is 9.97 Å². The zero-order valence-electron chi connectivity index (χ0n) is 16.3. The molecule has 1 aromatic carbocycles. The van der Waals surface area contributed by atoms with Crippen LogP contribution in [0.3, 0.4) is 0 Å². The summed E-state index contributed by atoms with van der Waals surface area (Å²) in [6.07, 6.45) is 3.64. The molecule has 3 heterocycles. The molecule has 3 aromatic heterocycles. The number of aromatic amines is 1. The Kier molecular flexibility index (Phi) is 5.60. The number of nitrogens with one attached hydrogen (secondary N) is 1. The Morgan fingerprint density at radius 3 is 2.68 bits per heavy atom. The first-order chi connectivity index (χ1) is 13.7. The molecule has 0 fully saturated rings. The molecule has 0 radical (unpaired) electrons. The second kappa shape index (κ2) is 8.46. The minimum atomic E-state index is 0.787. The largest absolute Gasteiger partial charge is 0.333 e. The van der Waals surface area contributed by atoms with E-state index in [1.807, 2.05) is 0 Å². The first-order valence-electron chi connectivity index (χ1n) is 9.84. The number of aryl methyl sites for hydroxylation is 1. The highest BCUT2D eigenvalue weighted by atomic mass is 32.1. The summed E-state index contributed by atoms with van der Waals surface area (Å²) in [5.41, 5.74) is 6.35. The topological polar surface area (TPSA) is 28.7 Å². The molecule has 4 rings (SSSR count). The number of fused-ring (bicyclic) bond motifs is 1. The third-order valence-corrected chi connectivity index (χ3v) is 5.90. The number of nitrogens with zero attached hydrogens (tertiary/aromatic N) is 1. The summed E-state index contributed by atoms with van der Waals surface area (Å²) in [6.45, 7) is 4.57. The van der Waals surface area contributed by atoms with Gasteiger partial charge in [0.05, 0.1) is 11.4 Å². The summed E-state index contributed by atoms with van der Waals surface area (Å²) < 4.78 is 0. The molecule has 0 amide bonds. The summed E-state index contributed by atoms with van der Waals surface area (Å²) in [5, 5.41) is 5.27. The van der Waals surface area contributed by atoms with E-state index in [4.69, 9.17) is 4.98 Å². The lowest BCUT2D eigenvalue weighted by Crippen LogP contribution is -1.95. The summed E-state index contributed by atoms with van der Waals surface area (Å²) in [7, 11) is 0. The Balaban J connectivity index is 1.48. The van der Waals surface area contributed by atoms with Crippen LogP contribution in [0, 0.1) is 17.8 Å². The smallest absolute Gasteiger partial charge is 0.138 e. The Hall–Kier alpha value is -2.83. The van der Waals surface area contributed by atoms with Crippen LogP contribution in [0.4, 0.5) is 0 Å². The molecular formula is C25H24N2S. The molecule has 0 saturated heterocycles. The fourth-order valence-corrected chi connectivity index (χ4v) is 3.81. The molecule has 0 spiro atoms. The van der Waals surface area contributed by atoms with Crippen LogP contribution in [0.1, 0.15) is 43.5 Å². The van der Waals surface area contributed by atoms with Crippen LogP contribution >= 0.6 is 11.3 Å². The van der Waals surface area contributed by atoms with E-state index in [1.54, 1.807) is 11.3 Å². The molecule has 28 heavy (non-hydrogen) atoms. The molecule has 0 aliphatic rings. The predicted molar refractivity (Wildman–Crippen MR) is 120 cm³/mol. The van der Waals surface area contributed by atoms with E-state index in [0.29, 0.717) is 0 Å². The number of H-pyrrole nitrogens is 1. The maximum absolute atomic E-state index is 4.73. The van der Waals surface area contributed by atoms with Gasteiger partial charge in [0.25, 0.3) is 0 Å². The van der Waals surface area contributed by atoms with Crippen molar-refractivity contribution < 1.29 is 0 Å². The normalized spacial score (nSPS) is 11.9. The lowest BCUT2D eigenvalue weighted by Gasteiger charge is -2.07. The van der Waals surface area contributed by atoms with Crippen LogP contribution in [-0.2, 0) is 6.42 Å². The van der Waals surface area contributed by atoms with Crippen molar-refractivity contribution >= 4 is 22.4 Å². The van der Waals surface area contributed by atoms with Gasteiger partial charge in [0, 0.05) is 21.9 Å². The maximum atomic E-state index is 4.73. The number of thiophene rings is 1. The number of aromatic nitrogens is 2. The van der Waals surface area contributed by atoms with Crippen molar-refractivity contribution in [2.24, 2.45) is 5.92 Å². The Morgan fingerprint density at radius 1 is 1.07 bits per heavy atom. The maximum Gasteiger partial charge on any atom is 0.138 e. The molecule has 0 aliphatic carbocycles. The van der Waals surface area contributed by atoms with E-state index < -0.39 is 0 Å². The van der Waals surface area contributed by atoms with Gasteiger partial charge in [-0.05, 0) is 72.0 Å². The van der Waals surface area contributed by atoms with Gasteiger partial charge in [-0.25, -0.2) is 4.98 Å². The van der Waals surface area contributed by atoms with Gasteiger partial charge in [-0.2, -0.15) is 11.3 Å². The first-order valence-corrected chi connectivity index (χ1v) is 10.8. The summed E-state index contributed by atoms with van der Waals surface area (Å²) in [6, 6.07) is 17.0. The monoisotopic (exact) mass is 384 g/mol. The fourth-order valence-electron chi connectivity index (χ4n) is 3.16. The molecule has 2 nitrogen and oxygen atoms in total. The van der Waals surface area contributed by atoms with Gasteiger partial charge in [0.1, 0.15) is 5.65 Å². The van der Waals surface area contributed by atoms with E-state index in [1.165, 1.54) is 18.4 Å². The highest BCUT2D eigenvalue weighted by molar-refractivity contribution is 7.08. The fraction of sp³-hybridized carbons (Fsp3) is 0.240. The molecule has 1 atom stereocenters. The Morgan fingerprint density at radius 2 is 1.93 bits per heavy atom. The Labute approximate surface area is 170 Å². The number of pyridine rings is 1. The lowest BCUT2D eigenvalue weighted by molar-refractivity contribution is 0.516. The minimum Gasteiger partial charge on any atom is -0.333 e. The molecule has 0 bridgehead atoms. The highest BCUT2D eigenvalue weighted by Gasteiger charge is 2.04. The van der Waals surface area contributed by atoms with Gasteiger partial charge in [0.2, 0.25) is 0 Å². The summed E-state index contributed by atoms with van der Waals surface area (Å²) in [4.78, 5) is 8.07. The van der Waals surface area contributed by atoms with E-state index in [2.05, 4.69) is 90.0 Å². The van der Waals surface area contributed by atoms with E-state index in [0.717, 1.165) is 45.9 Å². The predicted octanol–water partition coefficient (Wildman–Crippen LogP) is 6.67. The van der Waals surface area contributed by atoms with Crippen LogP contribution in [0.25, 0.3) is 22.3 Å². The SMILES string of the molecule is CCC(C)CCc1ccc(C#Cc2cc3ccc(-c4ccsc4)nc3[nH]2)cc1. The third kappa shape index (κ3) is 4.35. The number of rotatable bonds is 5.